The van der Waals surface area contributed by atoms with E-state index in [4.69, 9.17) is 9.97 Å². The van der Waals surface area contributed by atoms with Gasteiger partial charge in [0.1, 0.15) is 11.6 Å². The summed E-state index contributed by atoms with van der Waals surface area (Å²) in [5.41, 5.74) is 3.13. The van der Waals surface area contributed by atoms with Crippen molar-refractivity contribution in [1.29, 1.82) is 0 Å². The van der Waals surface area contributed by atoms with Crippen molar-refractivity contribution >= 4 is 22.5 Å². The molecule has 6 nitrogen and oxygen atoms in total. The molecule has 0 aliphatic heterocycles. The molecule has 4 rings (SSSR count). The quantitative estimate of drug-likeness (QED) is 0.297. The number of pyridine rings is 1. The highest BCUT2D eigenvalue weighted by Crippen LogP contribution is 2.30. The van der Waals surface area contributed by atoms with E-state index in [9.17, 15) is 0 Å². The van der Waals surface area contributed by atoms with E-state index in [2.05, 4.69) is 78.3 Å². The van der Waals surface area contributed by atoms with Gasteiger partial charge in [-0.25, -0.2) is 15.0 Å². The molecule has 6 heteroatoms. The molecule has 0 saturated carbocycles. The average Bonchev–Trinajstić information content (AvgIpc) is 2.92. The molecular formula is C29H36N6. The molecule has 2 heterocycles. The number of nitrogens with one attached hydrogen (secondary N) is 1. The van der Waals surface area contributed by atoms with Crippen LogP contribution >= 0.6 is 0 Å². The van der Waals surface area contributed by atoms with E-state index >= 15 is 0 Å². The monoisotopic (exact) mass is 468 g/mol. The van der Waals surface area contributed by atoms with Gasteiger partial charge in [0.2, 0.25) is 0 Å². The van der Waals surface area contributed by atoms with Gasteiger partial charge in [-0.1, -0.05) is 56.3 Å². The molecule has 0 spiro atoms. The number of fused-ring (bicyclic) bond motifs is 1. The molecule has 1 atom stereocenters. The summed E-state index contributed by atoms with van der Waals surface area (Å²) in [6.07, 6.45) is 2.87. The first-order chi connectivity index (χ1) is 17.1. The summed E-state index contributed by atoms with van der Waals surface area (Å²) in [6, 6.07) is 23.1. The summed E-state index contributed by atoms with van der Waals surface area (Å²) in [6.45, 7) is 10.3. The minimum Gasteiger partial charge on any atom is -0.366 e. The minimum absolute atomic E-state index is 0.372. The molecule has 0 aliphatic rings. The maximum atomic E-state index is 5.14. The number of para-hydroxylation sites is 1. The van der Waals surface area contributed by atoms with E-state index in [1.807, 2.05) is 42.6 Å². The molecular weight excluding hydrogens is 432 g/mol. The smallest absolute Gasteiger partial charge is 0.162 e. The zero-order valence-corrected chi connectivity index (χ0v) is 21.3. The topological polar surface area (TPSA) is 57.2 Å². The Hall–Kier alpha value is -3.51. The lowest BCUT2D eigenvalue weighted by molar-refractivity contribution is 0.315. The number of likely N-dealkylation sites (N-methyl/N-ethyl adjacent to an activating group) is 2. The summed E-state index contributed by atoms with van der Waals surface area (Å²) in [4.78, 5) is 19.4. The normalized spacial score (nSPS) is 12.1. The molecule has 0 aliphatic carbocycles. The maximum absolute atomic E-state index is 5.14. The van der Waals surface area contributed by atoms with Crippen LogP contribution < -0.4 is 10.2 Å². The predicted molar refractivity (Wildman–Crippen MR) is 147 cm³/mol. The number of rotatable bonds is 11. The Morgan fingerprint density at radius 1 is 0.886 bits per heavy atom. The van der Waals surface area contributed by atoms with Crippen LogP contribution in [-0.2, 0) is 6.54 Å². The first kappa shape index (κ1) is 24.6. The number of anilines is 2. The van der Waals surface area contributed by atoms with Crippen LogP contribution in [0.5, 0.6) is 0 Å². The van der Waals surface area contributed by atoms with Crippen molar-refractivity contribution in [2.24, 2.45) is 0 Å². The van der Waals surface area contributed by atoms with Gasteiger partial charge in [0.15, 0.2) is 5.82 Å². The fourth-order valence-electron chi connectivity index (χ4n) is 4.38. The van der Waals surface area contributed by atoms with Gasteiger partial charge in [0, 0.05) is 42.8 Å². The first-order valence-corrected chi connectivity index (χ1v) is 12.6. The van der Waals surface area contributed by atoms with Gasteiger partial charge in [-0.3, -0.25) is 0 Å². The van der Waals surface area contributed by atoms with Crippen molar-refractivity contribution in [3.05, 3.63) is 78.5 Å². The van der Waals surface area contributed by atoms with Crippen LogP contribution in [0.4, 0.5) is 11.6 Å². The van der Waals surface area contributed by atoms with E-state index < -0.39 is 0 Å². The lowest BCUT2D eigenvalue weighted by atomic mass is 10.1. The highest BCUT2D eigenvalue weighted by Gasteiger charge is 2.22. The third kappa shape index (κ3) is 5.95. The fraction of sp³-hybridized carbons (Fsp3) is 0.345. The van der Waals surface area contributed by atoms with Crippen molar-refractivity contribution in [3.8, 4) is 11.4 Å². The second kappa shape index (κ2) is 11.8. The summed E-state index contributed by atoms with van der Waals surface area (Å²) in [5.74, 6) is 2.54. The Kier molecular flexibility index (Phi) is 8.27. The van der Waals surface area contributed by atoms with Crippen LogP contribution in [0.2, 0.25) is 0 Å². The Balaban J connectivity index is 1.70. The van der Waals surface area contributed by atoms with Gasteiger partial charge in [-0.05, 0) is 56.8 Å². The second-order valence-corrected chi connectivity index (χ2v) is 8.86. The maximum Gasteiger partial charge on any atom is 0.162 e. The van der Waals surface area contributed by atoms with Crippen molar-refractivity contribution in [1.82, 2.24) is 19.9 Å². The van der Waals surface area contributed by atoms with Gasteiger partial charge in [0.05, 0.1) is 5.52 Å². The molecule has 35 heavy (non-hydrogen) atoms. The third-order valence-electron chi connectivity index (χ3n) is 6.50. The Labute approximate surface area is 209 Å². The fourth-order valence-corrected chi connectivity index (χ4v) is 4.38. The molecule has 2 aromatic heterocycles. The number of aromatic nitrogens is 3. The van der Waals surface area contributed by atoms with Crippen molar-refractivity contribution in [2.75, 3.05) is 36.9 Å². The number of hydrogen-bond acceptors (Lipinski definition) is 6. The van der Waals surface area contributed by atoms with E-state index in [1.165, 1.54) is 5.56 Å². The minimum atomic E-state index is 0.372. The summed E-state index contributed by atoms with van der Waals surface area (Å²) < 4.78 is 0. The van der Waals surface area contributed by atoms with Crippen LogP contribution in [0.15, 0.2) is 72.9 Å². The Bertz CT molecular complexity index is 1230. The highest BCUT2D eigenvalue weighted by molar-refractivity contribution is 5.91. The molecule has 0 saturated heterocycles. The van der Waals surface area contributed by atoms with Crippen LogP contribution in [0, 0.1) is 0 Å². The number of benzene rings is 2. The predicted octanol–water partition coefficient (Wildman–Crippen LogP) is 5.86. The molecule has 1 N–H and O–H groups in total. The average molecular weight is 469 g/mol. The molecule has 0 amide bonds. The van der Waals surface area contributed by atoms with Gasteiger partial charge in [0.25, 0.3) is 0 Å². The van der Waals surface area contributed by atoms with E-state index in [0.29, 0.717) is 12.6 Å². The zero-order chi connectivity index (χ0) is 24.6. The molecule has 4 aromatic rings. The van der Waals surface area contributed by atoms with Crippen LogP contribution in [0.3, 0.4) is 0 Å². The summed E-state index contributed by atoms with van der Waals surface area (Å²) >= 11 is 0. The SMILES string of the molecule is CCC(CN(C)CC)N(CC)c1nc(-c2ccnc(NCc3ccccc3)c2)nc2ccccc12. The highest BCUT2D eigenvalue weighted by atomic mass is 15.3. The van der Waals surface area contributed by atoms with Gasteiger partial charge in [-0.2, -0.15) is 0 Å². The molecule has 182 valence electrons. The molecule has 1 unspecified atom stereocenters. The van der Waals surface area contributed by atoms with E-state index in [1.54, 1.807) is 0 Å². The molecule has 2 aromatic carbocycles. The number of hydrogen-bond donors (Lipinski definition) is 1. The van der Waals surface area contributed by atoms with Crippen molar-refractivity contribution in [3.63, 3.8) is 0 Å². The van der Waals surface area contributed by atoms with Gasteiger partial charge in [-0.15, -0.1) is 0 Å². The largest absolute Gasteiger partial charge is 0.366 e. The van der Waals surface area contributed by atoms with Crippen LogP contribution in [0.25, 0.3) is 22.3 Å². The Morgan fingerprint density at radius 2 is 1.66 bits per heavy atom. The van der Waals surface area contributed by atoms with Crippen LogP contribution in [0.1, 0.15) is 32.8 Å². The van der Waals surface area contributed by atoms with Gasteiger partial charge < -0.3 is 15.1 Å². The molecule has 0 fully saturated rings. The summed E-state index contributed by atoms with van der Waals surface area (Å²) in [5, 5.41) is 4.52. The third-order valence-corrected chi connectivity index (χ3v) is 6.50. The molecule has 0 bridgehead atoms. The molecule has 0 radical (unpaired) electrons. The first-order valence-electron chi connectivity index (χ1n) is 12.6. The lowest BCUT2D eigenvalue weighted by Crippen LogP contribution is -2.43. The van der Waals surface area contributed by atoms with Gasteiger partial charge >= 0.3 is 0 Å². The standard InChI is InChI=1S/C29H36N6/c1-5-24(21-34(4)6-2)35(7-3)29-25-15-11-12-16-26(25)32-28(33-29)23-17-18-30-27(19-23)31-20-22-13-9-8-10-14-22/h8-19,24H,5-7,20-21H2,1-4H3,(H,30,31). The zero-order valence-electron chi connectivity index (χ0n) is 21.3. The summed E-state index contributed by atoms with van der Waals surface area (Å²) in [7, 11) is 2.18. The van der Waals surface area contributed by atoms with Crippen LogP contribution in [-0.4, -0.2) is 52.6 Å². The van der Waals surface area contributed by atoms with Crippen molar-refractivity contribution in [2.45, 2.75) is 39.8 Å². The second-order valence-electron chi connectivity index (χ2n) is 8.86. The van der Waals surface area contributed by atoms with E-state index in [0.717, 1.165) is 60.0 Å². The van der Waals surface area contributed by atoms with Crippen molar-refractivity contribution < 1.29 is 0 Å². The number of nitrogens with zero attached hydrogens (tertiary/aromatic N) is 5. The van der Waals surface area contributed by atoms with E-state index in [-0.39, 0.29) is 0 Å². The Morgan fingerprint density at radius 3 is 2.40 bits per heavy atom. The lowest BCUT2D eigenvalue weighted by Gasteiger charge is -2.34.